The molecule has 60 valence electrons. The summed E-state index contributed by atoms with van der Waals surface area (Å²) in [5, 5.41) is 7.99. The fraction of sp³-hybridized carbons (Fsp3) is 0.333. The van der Waals surface area contributed by atoms with Crippen LogP contribution >= 0.6 is 11.3 Å². The molecule has 4 nitrogen and oxygen atoms in total. The number of hydrogen-bond acceptors (Lipinski definition) is 4. The van der Waals surface area contributed by atoms with E-state index in [1.807, 2.05) is 19.0 Å². The van der Waals surface area contributed by atoms with Crippen LogP contribution in [0.3, 0.4) is 0 Å². The van der Waals surface area contributed by atoms with Crippen molar-refractivity contribution in [2.24, 2.45) is 5.73 Å². The largest absolute Gasteiger partial charge is 0.383 e. The predicted molar refractivity (Wildman–Crippen MR) is 47.5 cm³/mol. The van der Waals surface area contributed by atoms with Crippen molar-refractivity contribution in [3.05, 3.63) is 11.1 Å². The molecule has 0 atom stereocenters. The lowest BCUT2D eigenvalue weighted by Gasteiger charge is -2.04. The minimum atomic E-state index is 0.0793. The van der Waals surface area contributed by atoms with Crippen molar-refractivity contribution >= 4 is 22.3 Å². The fourth-order valence-corrected chi connectivity index (χ4v) is 1.30. The summed E-state index contributed by atoms with van der Waals surface area (Å²) in [7, 11) is 3.81. The molecule has 5 heteroatoms. The topological polar surface area (TPSA) is 66.0 Å². The molecular formula is C6H10N4S. The molecule has 0 aliphatic carbocycles. The van der Waals surface area contributed by atoms with Crippen molar-refractivity contribution in [2.45, 2.75) is 0 Å². The molecule has 0 radical (unpaired) electrons. The Morgan fingerprint density at radius 1 is 1.73 bits per heavy atom. The zero-order chi connectivity index (χ0) is 8.43. The van der Waals surface area contributed by atoms with Gasteiger partial charge >= 0.3 is 0 Å². The number of nitrogens with one attached hydrogen (secondary N) is 1. The molecule has 1 aromatic heterocycles. The summed E-state index contributed by atoms with van der Waals surface area (Å²) in [5.74, 6) is 0.0793. The van der Waals surface area contributed by atoms with Gasteiger partial charge in [-0.25, -0.2) is 4.98 Å². The summed E-state index contributed by atoms with van der Waals surface area (Å²) in [5.41, 5.74) is 5.26. The molecule has 3 N–H and O–H groups in total. The number of rotatable bonds is 2. The molecule has 0 bridgehead atoms. The Morgan fingerprint density at radius 3 is 2.64 bits per heavy atom. The first-order chi connectivity index (χ1) is 5.11. The fourth-order valence-electron chi connectivity index (χ4n) is 0.596. The zero-order valence-corrected chi connectivity index (χ0v) is 7.27. The Kier molecular flexibility index (Phi) is 2.09. The van der Waals surface area contributed by atoms with Crippen LogP contribution in [0.5, 0.6) is 0 Å². The first kappa shape index (κ1) is 8.00. The van der Waals surface area contributed by atoms with Crippen LogP contribution in [-0.4, -0.2) is 24.9 Å². The monoisotopic (exact) mass is 170 g/mol. The lowest BCUT2D eigenvalue weighted by atomic mass is 10.5. The van der Waals surface area contributed by atoms with Crippen LogP contribution < -0.4 is 10.6 Å². The SMILES string of the molecule is CN(C)c1ncc(C(=N)N)s1. The summed E-state index contributed by atoms with van der Waals surface area (Å²) >= 11 is 1.41. The highest BCUT2D eigenvalue weighted by atomic mass is 32.1. The number of hydrogen-bond donors (Lipinski definition) is 2. The van der Waals surface area contributed by atoms with Gasteiger partial charge in [-0.3, -0.25) is 5.41 Å². The highest BCUT2D eigenvalue weighted by molar-refractivity contribution is 7.17. The van der Waals surface area contributed by atoms with E-state index in [-0.39, 0.29) is 5.84 Å². The van der Waals surface area contributed by atoms with E-state index in [4.69, 9.17) is 11.1 Å². The minimum Gasteiger partial charge on any atom is -0.383 e. The number of nitrogens with two attached hydrogens (primary N) is 1. The van der Waals surface area contributed by atoms with E-state index >= 15 is 0 Å². The standard InChI is InChI=1S/C6H10N4S/c1-10(2)6-9-3-4(11-6)5(7)8/h3H,1-2H3,(H3,7,8). The van der Waals surface area contributed by atoms with Crippen LogP contribution in [0.2, 0.25) is 0 Å². The normalized spacial score (nSPS) is 9.64. The summed E-state index contributed by atoms with van der Waals surface area (Å²) in [6.07, 6.45) is 1.61. The molecule has 0 spiro atoms. The first-order valence-corrected chi connectivity index (χ1v) is 3.90. The van der Waals surface area contributed by atoms with Gasteiger partial charge < -0.3 is 10.6 Å². The molecule has 0 aromatic carbocycles. The van der Waals surface area contributed by atoms with Gasteiger partial charge in [0.2, 0.25) is 0 Å². The second-order valence-corrected chi connectivity index (χ2v) is 3.32. The van der Waals surface area contributed by atoms with E-state index in [0.29, 0.717) is 4.88 Å². The van der Waals surface area contributed by atoms with Gasteiger partial charge in [-0.2, -0.15) is 0 Å². The molecule has 0 aliphatic rings. The molecule has 11 heavy (non-hydrogen) atoms. The summed E-state index contributed by atoms with van der Waals surface area (Å²) < 4.78 is 0. The molecule has 0 saturated carbocycles. The third-order valence-corrected chi connectivity index (χ3v) is 2.34. The lowest BCUT2D eigenvalue weighted by Crippen LogP contribution is -2.08. The Labute approximate surface area is 69.2 Å². The van der Waals surface area contributed by atoms with Crippen molar-refractivity contribution < 1.29 is 0 Å². The first-order valence-electron chi connectivity index (χ1n) is 3.09. The Morgan fingerprint density at radius 2 is 2.36 bits per heavy atom. The molecule has 0 amide bonds. The molecular weight excluding hydrogens is 160 g/mol. The molecule has 0 saturated heterocycles. The van der Waals surface area contributed by atoms with Crippen molar-refractivity contribution in [3.8, 4) is 0 Å². The van der Waals surface area contributed by atoms with Gasteiger partial charge in [-0.05, 0) is 0 Å². The average molecular weight is 170 g/mol. The minimum absolute atomic E-state index is 0.0793. The van der Waals surface area contributed by atoms with Crippen molar-refractivity contribution in [1.29, 1.82) is 5.41 Å². The van der Waals surface area contributed by atoms with Crippen LogP contribution in [-0.2, 0) is 0 Å². The van der Waals surface area contributed by atoms with Crippen LogP contribution in [0.1, 0.15) is 4.88 Å². The van der Waals surface area contributed by atoms with Crippen LogP contribution in [0, 0.1) is 5.41 Å². The van der Waals surface area contributed by atoms with E-state index in [0.717, 1.165) is 5.13 Å². The Hall–Kier alpha value is -1.10. The maximum atomic E-state index is 7.12. The average Bonchev–Trinajstić information content (AvgIpc) is 2.33. The zero-order valence-electron chi connectivity index (χ0n) is 6.46. The Bertz CT molecular complexity index is 265. The summed E-state index contributed by atoms with van der Waals surface area (Å²) in [6, 6.07) is 0. The number of nitrogens with zero attached hydrogens (tertiary/aromatic N) is 2. The maximum Gasteiger partial charge on any atom is 0.185 e. The van der Waals surface area contributed by atoms with E-state index in [2.05, 4.69) is 4.98 Å². The van der Waals surface area contributed by atoms with Gasteiger partial charge in [0, 0.05) is 14.1 Å². The van der Waals surface area contributed by atoms with Crippen LogP contribution in [0.15, 0.2) is 6.20 Å². The number of aromatic nitrogens is 1. The second-order valence-electron chi connectivity index (χ2n) is 2.32. The smallest absolute Gasteiger partial charge is 0.185 e. The third-order valence-electron chi connectivity index (χ3n) is 1.14. The van der Waals surface area contributed by atoms with Gasteiger partial charge in [-0.15, -0.1) is 0 Å². The molecule has 0 aliphatic heterocycles. The third kappa shape index (κ3) is 1.68. The molecule has 1 heterocycles. The molecule has 1 aromatic rings. The van der Waals surface area contributed by atoms with Gasteiger partial charge in [-0.1, -0.05) is 11.3 Å². The Balaban J connectivity index is 2.90. The van der Waals surface area contributed by atoms with Crippen molar-refractivity contribution in [2.75, 3.05) is 19.0 Å². The highest BCUT2D eigenvalue weighted by Gasteiger charge is 2.04. The van der Waals surface area contributed by atoms with Crippen molar-refractivity contribution in [3.63, 3.8) is 0 Å². The van der Waals surface area contributed by atoms with Gasteiger partial charge in [0.1, 0.15) is 5.84 Å². The van der Waals surface area contributed by atoms with Gasteiger partial charge in [0.25, 0.3) is 0 Å². The number of nitrogen functional groups attached to an aromatic ring is 1. The molecule has 1 rings (SSSR count). The molecule has 0 unspecified atom stereocenters. The summed E-state index contributed by atoms with van der Waals surface area (Å²) in [6.45, 7) is 0. The van der Waals surface area contributed by atoms with E-state index in [1.54, 1.807) is 6.20 Å². The number of thiazole rings is 1. The number of anilines is 1. The quantitative estimate of drug-likeness (QED) is 0.501. The van der Waals surface area contributed by atoms with Gasteiger partial charge in [0.15, 0.2) is 5.13 Å². The predicted octanol–water partition coefficient (Wildman–Crippen LogP) is 0.493. The highest BCUT2D eigenvalue weighted by Crippen LogP contribution is 2.19. The van der Waals surface area contributed by atoms with Crippen LogP contribution in [0.25, 0.3) is 0 Å². The second kappa shape index (κ2) is 2.87. The maximum absolute atomic E-state index is 7.12. The van der Waals surface area contributed by atoms with Gasteiger partial charge in [0.05, 0.1) is 11.1 Å². The molecule has 0 fully saturated rings. The van der Waals surface area contributed by atoms with Crippen LogP contribution in [0.4, 0.5) is 5.13 Å². The number of amidine groups is 1. The lowest BCUT2D eigenvalue weighted by molar-refractivity contribution is 1.10. The van der Waals surface area contributed by atoms with E-state index < -0.39 is 0 Å². The van der Waals surface area contributed by atoms with E-state index in [1.165, 1.54) is 11.3 Å². The summed E-state index contributed by atoms with van der Waals surface area (Å²) in [4.78, 5) is 6.66. The van der Waals surface area contributed by atoms with Crippen molar-refractivity contribution in [1.82, 2.24) is 4.98 Å². The van der Waals surface area contributed by atoms with E-state index in [9.17, 15) is 0 Å².